The average molecular weight is 284 g/mol. The molecule has 1 heterocycles. The molecule has 0 atom stereocenters. The Labute approximate surface area is 123 Å². The fourth-order valence-corrected chi connectivity index (χ4v) is 2.25. The second-order valence-corrected chi connectivity index (χ2v) is 4.87. The molecule has 1 aromatic heterocycles. The maximum absolute atomic E-state index is 6.17. The van der Waals surface area contributed by atoms with Crippen LogP contribution in [0.5, 0.6) is 0 Å². The highest BCUT2D eigenvalue weighted by atomic mass is 35.5. The molecule has 3 aromatic rings. The molecule has 0 aliphatic rings. The lowest BCUT2D eigenvalue weighted by Gasteiger charge is -2.04. The number of furan rings is 1. The second kappa shape index (κ2) is 5.85. The highest BCUT2D eigenvalue weighted by molar-refractivity contribution is 6.33. The van der Waals surface area contributed by atoms with Crippen LogP contribution >= 0.6 is 11.6 Å². The van der Waals surface area contributed by atoms with E-state index in [0.29, 0.717) is 11.6 Å². The zero-order valence-electron chi connectivity index (χ0n) is 10.8. The zero-order valence-corrected chi connectivity index (χ0v) is 11.6. The van der Waals surface area contributed by atoms with E-state index >= 15 is 0 Å². The van der Waals surface area contributed by atoms with Gasteiger partial charge in [0.2, 0.25) is 0 Å². The predicted molar refractivity (Wildman–Crippen MR) is 82.9 cm³/mol. The third-order valence-electron chi connectivity index (χ3n) is 3.04. The number of para-hydroxylation sites is 1. The van der Waals surface area contributed by atoms with Crippen molar-refractivity contribution in [2.45, 2.75) is 6.54 Å². The van der Waals surface area contributed by atoms with Crippen molar-refractivity contribution in [3.8, 4) is 11.3 Å². The van der Waals surface area contributed by atoms with Gasteiger partial charge in [0.05, 0.1) is 11.6 Å². The molecule has 20 heavy (non-hydrogen) atoms. The van der Waals surface area contributed by atoms with Gasteiger partial charge in [-0.3, -0.25) is 0 Å². The molecule has 1 N–H and O–H groups in total. The van der Waals surface area contributed by atoms with Crippen molar-refractivity contribution in [1.82, 2.24) is 0 Å². The SMILES string of the molecule is Clc1ccccc1-c1ccc(CNc2ccccc2)o1. The van der Waals surface area contributed by atoms with Crippen molar-refractivity contribution in [2.24, 2.45) is 0 Å². The minimum absolute atomic E-state index is 0.647. The first-order valence-corrected chi connectivity index (χ1v) is 6.83. The normalized spacial score (nSPS) is 10.4. The number of halogens is 1. The quantitative estimate of drug-likeness (QED) is 0.711. The smallest absolute Gasteiger partial charge is 0.135 e. The third kappa shape index (κ3) is 2.86. The van der Waals surface area contributed by atoms with E-state index in [-0.39, 0.29) is 0 Å². The van der Waals surface area contributed by atoms with E-state index in [9.17, 15) is 0 Å². The van der Waals surface area contributed by atoms with Crippen LogP contribution in [0.15, 0.2) is 71.1 Å². The molecule has 0 saturated carbocycles. The summed E-state index contributed by atoms with van der Waals surface area (Å²) in [5.74, 6) is 1.67. The van der Waals surface area contributed by atoms with Gasteiger partial charge in [-0.25, -0.2) is 0 Å². The number of rotatable bonds is 4. The summed E-state index contributed by atoms with van der Waals surface area (Å²) in [7, 11) is 0. The molecule has 2 nitrogen and oxygen atoms in total. The first-order valence-electron chi connectivity index (χ1n) is 6.45. The molecule has 0 radical (unpaired) electrons. The Hall–Kier alpha value is -2.19. The first kappa shape index (κ1) is 12.8. The Kier molecular flexibility index (Phi) is 3.75. The van der Waals surface area contributed by atoms with Crippen LogP contribution in [-0.2, 0) is 6.54 Å². The number of hydrogen-bond acceptors (Lipinski definition) is 2. The zero-order chi connectivity index (χ0) is 13.8. The van der Waals surface area contributed by atoms with Crippen molar-refractivity contribution >= 4 is 17.3 Å². The molecule has 0 spiro atoms. The number of hydrogen-bond donors (Lipinski definition) is 1. The monoisotopic (exact) mass is 283 g/mol. The molecule has 0 bridgehead atoms. The van der Waals surface area contributed by atoms with Crippen molar-refractivity contribution in [2.75, 3.05) is 5.32 Å². The first-order chi connectivity index (χ1) is 9.83. The van der Waals surface area contributed by atoms with Gasteiger partial charge < -0.3 is 9.73 Å². The molecule has 3 rings (SSSR count). The maximum Gasteiger partial charge on any atom is 0.135 e. The van der Waals surface area contributed by atoms with Crippen LogP contribution in [0.2, 0.25) is 5.02 Å². The second-order valence-electron chi connectivity index (χ2n) is 4.47. The number of nitrogens with one attached hydrogen (secondary N) is 1. The van der Waals surface area contributed by atoms with Crippen molar-refractivity contribution < 1.29 is 4.42 Å². The van der Waals surface area contributed by atoms with E-state index in [1.165, 1.54) is 0 Å². The minimum Gasteiger partial charge on any atom is -0.459 e. The average Bonchev–Trinajstić information content (AvgIpc) is 2.95. The summed E-state index contributed by atoms with van der Waals surface area (Å²) in [5.41, 5.74) is 1.99. The lowest BCUT2D eigenvalue weighted by molar-refractivity contribution is 0.531. The Bertz CT molecular complexity index is 691. The van der Waals surface area contributed by atoms with Crippen LogP contribution in [0.1, 0.15) is 5.76 Å². The van der Waals surface area contributed by atoms with Gasteiger partial charge in [0, 0.05) is 11.3 Å². The molecule has 0 fully saturated rings. The molecule has 0 unspecified atom stereocenters. The summed E-state index contributed by atoms with van der Waals surface area (Å²) >= 11 is 6.17. The van der Waals surface area contributed by atoms with Gasteiger partial charge in [0.1, 0.15) is 11.5 Å². The van der Waals surface area contributed by atoms with Gasteiger partial charge in [0.25, 0.3) is 0 Å². The third-order valence-corrected chi connectivity index (χ3v) is 3.37. The Balaban J connectivity index is 1.73. The summed E-state index contributed by atoms with van der Waals surface area (Å²) in [6.07, 6.45) is 0. The van der Waals surface area contributed by atoms with E-state index in [4.69, 9.17) is 16.0 Å². The molecular weight excluding hydrogens is 270 g/mol. The maximum atomic E-state index is 6.17. The van der Waals surface area contributed by atoms with E-state index in [2.05, 4.69) is 5.32 Å². The Morgan fingerprint density at radius 2 is 1.60 bits per heavy atom. The number of anilines is 1. The van der Waals surface area contributed by atoms with E-state index in [1.54, 1.807) is 0 Å². The highest BCUT2D eigenvalue weighted by Gasteiger charge is 2.07. The van der Waals surface area contributed by atoms with Crippen LogP contribution in [0, 0.1) is 0 Å². The Morgan fingerprint density at radius 3 is 2.40 bits per heavy atom. The van der Waals surface area contributed by atoms with Crippen molar-refractivity contribution in [3.63, 3.8) is 0 Å². The van der Waals surface area contributed by atoms with Crippen molar-refractivity contribution in [3.05, 3.63) is 77.5 Å². The molecule has 0 amide bonds. The molecule has 0 aliphatic heterocycles. The van der Waals surface area contributed by atoms with Crippen LogP contribution in [0.25, 0.3) is 11.3 Å². The summed E-state index contributed by atoms with van der Waals surface area (Å²) < 4.78 is 5.83. The van der Waals surface area contributed by atoms with Gasteiger partial charge in [-0.15, -0.1) is 0 Å². The fraction of sp³-hybridized carbons (Fsp3) is 0.0588. The molecule has 0 aliphatic carbocycles. The lowest BCUT2D eigenvalue weighted by Crippen LogP contribution is -1.97. The van der Waals surface area contributed by atoms with E-state index in [0.717, 1.165) is 22.8 Å². The van der Waals surface area contributed by atoms with Crippen molar-refractivity contribution in [1.29, 1.82) is 0 Å². The van der Waals surface area contributed by atoms with Crippen LogP contribution in [0.3, 0.4) is 0 Å². The summed E-state index contributed by atoms with van der Waals surface area (Å²) in [6.45, 7) is 0.647. The fourth-order valence-electron chi connectivity index (χ4n) is 2.02. The topological polar surface area (TPSA) is 25.2 Å². The number of benzene rings is 2. The summed E-state index contributed by atoms with van der Waals surface area (Å²) in [5, 5.41) is 4.01. The molecule has 2 aromatic carbocycles. The van der Waals surface area contributed by atoms with Crippen LogP contribution < -0.4 is 5.32 Å². The van der Waals surface area contributed by atoms with E-state index < -0.39 is 0 Å². The predicted octanol–water partition coefficient (Wildman–Crippen LogP) is 5.21. The lowest BCUT2D eigenvalue weighted by atomic mass is 10.2. The standard InChI is InChI=1S/C17H14ClNO/c18-16-9-5-4-8-15(16)17-11-10-14(20-17)12-19-13-6-2-1-3-7-13/h1-11,19H,12H2. The van der Waals surface area contributed by atoms with Gasteiger partial charge in [-0.1, -0.05) is 41.9 Å². The van der Waals surface area contributed by atoms with Gasteiger partial charge in [-0.05, 0) is 36.4 Å². The van der Waals surface area contributed by atoms with Gasteiger partial charge >= 0.3 is 0 Å². The highest BCUT2D eigenvalue weighted by Crippen LogP contribution is 2.29. The molecule has 3 heteroatoms. The molecule has 0 saturated heterocycles. The molecular formula is C17H14ClNO. The summed E-state index contributed by atoms with van der Waals surface area (Å²) in [4.78, 5) is 0. The van der Waals surface area contributed by atoms with Gasteiger partial charge in [-0.2, -0.15) is 0 Å². The van der Waals surface area contributed by atoms with Gasteiger partial charge in [0.15, 0.2) is 0 Å². The van der Waals surface area contributed by atoms with Crippen LogP contribution in [0.4, 0.5) is 5.69 Å². The summed E-state index contributed by atoms with van der Waals surface area (Å²) in [6, 6.07) is 21.6. The van der Waals surface area contributed by atoms with Crippen LogP contribution in [-0.4, -0.2) is 0 Å². The van der Waals surface area contributed by atoms with E-state index in [1.807, 2.05) is 66.7 Å². The minimum atomic E-state index is 0.647. The largest absolute Gasteiger partial charge is 0.459 e. The molecule has 100 valence electrons. The Morgan fingerprint density at radius 1 is 0.850 bits per heavy atom.